The molecule has 0 aliphatic rings. The van der Waals surface area contributed by atoms with Crippen molar-refractivity contribution in [3.8, 4) is 0 Å². The van der Waals surface area contributed by atoms with Gasteiger partial charge in [-0.2, -0.15) is 0 Å². The van der Waals surface area contributed by atoms with Gasteiger partial charge in [0.15, 0.2) is 0 Å². The summed E-state index contributed by atoms with van der Waals surface area (Å²) in [7, 11) is 0. The van der Waals surface area contributed by atoms with Crippen LogP contribution in [0.15, 0.2) is 11.4 Å². The molecular formula is C11H17NO3S. The molecule has 1 heterocycles. The van der Waals surface area contributed by atoms with Gasteiger partial charge in [0.05, 0.1) is 12.5 Å². The normalized spacial score (nSPS) is 12.6. The van der Waals surface area contributed by atoms with Gasteiger partial charge in [-0.15, -0.1) is 11.3 Å². The molecule has 1 atom stereocenters. The van der Waals surface area contributed by atoms with Crippen LogP contribution in [0, 0.1) is 6.92 Å². The second-order valence-corrected chi connectivity index (χ2v) is 4.73. The second-order valence-electron chi connectivity index (χ2n) is 3.73. The van der Waals surface area contributed by atoms with Crippen molar-refractivity contribution in [3.63, 3.8) is 0 Å². The van der Waals surface area contributed by atoms with Gasteiger partial charge in [0, 0.05) is 18.0 Å². The van der Waals surface area contributed by atoms with Crippen LogP contribution >= 0.6 is 11.3 Å². The number of hydrogen-bond acceptors (Lipinski definition) is 4. The zero-order valence-corrected chi connectivity index (χ0v) is 10.1. The first kappa shape index (κ1) is 13.2. The maximum Gasteiger partial charge on any atom is 0.306 e. The van der Waals surface area contributed by atoms with Crippen LogP contribution in [0.4, 0.5) is 0 Å². The van der Waals surface area contributed by atoms with E-state index < -0.39 is 12.1 Å². The minimum absolute atomic E-state index is 0.203. The molecule has 0 radical (unpaired) electrons. The molecule has 4 nitrogen and oxygen atoms in total. The van der Waals surface area contributed by atoms with Gasteiger partial charge in [0.25, 0.3) is 0 Å². The molecule has 0 aromatic carbocycles. The molecule has 90 valence electrons. The Kier molecular flexibility index (Phi) is 5.45. The number of aliphatic hydroxyl groups excluding tert-OH is 1. The van der Waals surface area contributed by atoms with Crippen molar-refractivity contribution in [2.24, 2.45) is 0 Å². The summed E-state index contributed by atoms with van der Waals surface area (Å²) in [4.78, 5) is 11.6. The number of aryl methyl sites for hydroxylation is 1. The summed E-state index contributed by atoms with van der Waals surface area (Å²) in [6, 6.07) is 2.08. The molecule has 1 aromatic rings. The van der Waals surface area contributed by atoms with Crippen LogP contribution in [0.25, 0.3) is 0 Å². The van der Waals surface area contributed by atoms with Gasteiger partial charge in [0.2, 0.25) is 0 Å². The van der Waals surface area contributed by atoms with Crippen molar-refractivity contribution >= 4 is 17.3 Å². The number of thiophene rings is 1. The highest BCUT2D eigenvalue weighted by atomic mass is 32.1. The molecule has 0 aliphatic carbocycles. The van der Waals surface area contributed by atoms with Crippen molar-refractivity contribution in [2.75, 3.05) is 13.1 Å². The summed E-state index contributed by atoms with van der Waals surface area (Å²) < 4.78 is 0. The lowest BCUT2D eigenvalue weighted by atomic mass is 10.2. The number of nitrogens with one attached hydrogen (secondary N) is 1. The van der Waals surface area contributed by atoms with E-state index >= 15 is 0 Å². The van der Waals surface area contributed by atoms with Crippen LogP contribution in [-0.2, 0) is 11.2 Å². The minimum atomic E-state index is -0.969. The predicted molar refractivity (Wildman–Crippen MR) is 63.9 cm³/mol. The average molecular weight is 243 g/mol. The Morgan fingerprint density at radius 2 is 2.38 bits per heavy atom. The zero-order chi connectivity index (χ0) is 12.0. The lowest BCUT2D eigenvalue weighted by Crippen LogP contribution is -2.30. The van der Waals surface area contributed by atoms with E-state index in [9.17, 15) is 9.90 Å². The van der Waals surface area contributed by atoms with Crippen molar-refractivity contribution in [1.29, 1.82) is 0 Å². The third-order valence-corrected chi connectivity index (χ3v) is 3.37. The summed E-state index contributed by atoms with van der Waals surface area (Å²) in [6.45, 7) is 3.17. The summed E-state index contributed by atoms with van der Waals surface area (Å²) in [5, 5.41) is 22.8. The largest absolute Gasteiger partial charge is 0.481 e. The standard InChI is InChI=1S/C11H17NO3S/c1-8-3-5-16-10(8)2-4-12-7-9(13)6-11(14)15/h3,5,9,12-13H,2,4,6-7H2,1H3,(H,14,15). The quantitative estimate of drug-likeness (QED) is 0.625. The smallest absolute Gasteiger partial charge is 0.306 e. The summed E-state index contributed by atoms with van der Waals surface area (Å²) in [6.07, 6.45) is -0.0872. The van der Waals surface area contributed by atoms with Gasteiger partial charge in [-0.05, 0) is 30.4 Å². The lowest BCUT2D eigenvalue weighted by Gasteiger charge is -2.09. The maximum atomic E-state index is 10.3. The van der Waals surface area contributed by atoms with Crippen LogP contribution in [0.5, 0.6) is 0 Å². The maximum absolute atomic E-state index is 10.3. The third kappa shape index (κ3) is 4.74. The van der Waals surface area contributed by atoms with Gasteiger partial charge in [-0.25, -0.2) is 0 Å². The monoisotopic (exact) mass is 243 g/mol. The number of hydrogen-bond donors (Lipinski definition) is 3. The molecule has 16 heavy (non-hydrogen) atoms. The van der Waals surface area contributed by atoms with Crippen LogP contribution in [-0.4, -0.2) is 35.4 Å². The molecule has 1 aromatic heterocycles. The molecule has 0 saturated carbocycles. The van der Waals surface area contributed by atoms with Crippen LogP contribution < -0.4 is 5.32 Å². The van der Waals surface area contributed by atoms with Crippen molar-refractivity contribution in [2.45, 2.75) is 25.9 Å². The highest BCUT2D eigenvalue weighted by Gasteiger charge is 2.08. The van der Waals surface area contributed by atoms with E-state index in [0.717, 1.165) is 13.0 Å². The Bertz CT molecular complexity index is 338. The molecule has 0 saturated heterocycles. The molecule has 3 N–H and O–H groups in total. The number of carboxylic acids is 1. The Morgan fingerprint density at radius 1 is 1.62 bits per heavy atom. The number of carbonyl (C=O) groups is 1. The van der Waals surface area contributed by atoms with E-state index in [2.05, 4.69) is 23.7 Å². The van der Waals surface area contributed by atoms with E-state index in [-0.39, 0.29) is 6.42 Å². The minimum Gasteiger partial charge on any atom is -0.481 e. The fraction of sp³-hybridized carbons (Fsp3) is 0.545. The van der Waals surface area contributed by atoms with Gasteiger partial charge in [-0.3, -0.25) is 4.79 Å². The number of rotatable bonds is 7. The molecule has 1 unspecified atom stereocenters. The average Bonchev–Trinajstić information content (AvgIpc) is 2.58. The van der Waals surface area contributed by atoms with Crippen molar-refractivity contribution in [3.05, 3.63) is 21.9 Å². The van der Waals surface area contributed by atoms with Gasteiger partial charge in [-0.1, -0.05) is 0 Å². The van der Waals surface area contributed by atoms with E-state index in [1.165, 1.54) is 10.4 Å². The molecule has 5 heteroatoms. The Morgan fingerprint density at radius 3 is 2.94 bits per heavy atom. The molecule has 0 amide bonds. The molecule has 0 fully saturated rings. The molecule has 1 rings (SSSR count). The Labute approximate surface area is 98.9 Å². The Balaban J connectivity index is 2.12. The van der Waals surface area contributed by atoms with E-state index in [0.29, 0.717) is 6.54 Å². The van der Waals surface area contributed by atoms with E-state index in [4.69, 9.17) is 5.11 Å². The summed E-state index contributed by atoms with van der Waals surface area (Å²) in [5.41, 5.74) is 1.29. The van der Waals surface area contributed by atoms with Gasteiger partial charge in [0.1, 0.15) is 0 Å². The first-order valence-corrected chi connectivity index (χ1v) is 6.11. The van der Waals surface area contributed by atoms with Gasteiger partial charge >= 0.3 is 5.97 Å². The highest BCUT2D eigenvalue weighted by molar-refractivity contribution is 7.10. The first-order valence-electron chi connectivity index (χ1n) is 5.23. The number of aliphatic hydroxyl groups is 1. The van der Waals surface area contributed by atoms with Crippen LogP contribution in [0.3, 0.4) is 0 Å². The molecular weight excluding hydrogens is 226 g/mol. The van der Waals surface area contributed by atoms with Crippen LogP contribution in [0.1, 0.15) is 16.9 Å². The first-order chi connectivity index (χ1) is 7.59. The fourth-order valence-corrected chi connectivity index (χ4v) is 2.31. The SMILES string of the molecule is Cc1ccsc1CCNCC(O)CC(=O)O. The van der Waals surface area contributed by atoms with Crippen molar-refractivity contribution < 1.29 is 15.0 Å². The Hall–Kier alpha value is -0.910. The van der Waals surface area contributed by atoms with E-state index in [1.807, 2.05) is 0 Å². The van der Waals surface area contributed by atoms with Gasteiger partial charge < -0.3 is 15.5 Å². The number of aliphatic carboxylic acids is 1. The predicted octanol–water partition coefficient (Wildman–Crippen LogP) is 1.02. The molecule has 0 spiro atoms. The summed E-state index contributed by atoms with van der Waals surface area (Å²) >= 11 is 1.72. The third-order valence-electron chi connectivity index (χ3n) is 2.29. The van der Waals surface area contributed by atoms with Crippen molar-refractivity contribution in [1.82, 2.24) is 5.32 Å². The van der Waals surface area contributed by atoms with Crippen LogP contribution in [0.2, 0.25) is 0 Å². The van der Waals surface area contributed by atoms with E-state index in [1.54, 1.807) is 11.3 Å². The molecule has 0 bridgehead atoms. The lowest BCUT2D eigenvalue weighted by molar-refractivity contribution is -0.139. The fourth-order valence-electron chi connectivity index (χ4n) is 1.40. The zero-order valence-electron chi connectivity index (χ0n) is 9.27. The topological polar surface area (TPSA) is 69.6 Å². The number of carboxylic acid groups (broad SMARTS) is 1. The highest BCUT2D eigenvalue weighted by Crippen LogP contribution is 2.15. The molecule has 0 aliphatic heterocycles. The second kappa shape index (κ2) is 6.62. The summed E-state index contributed by atoms with van der Waals surface area (Å²) in [5.74, 6) is -0.969.